The molecule has 1 atom stereocenters. The highest BCUT2D eigenvalue weighted by Crippen LogP contribution is 2.43. The number of ketones is 1. The Hall–Kier alpha value is -3.48. The Kier molecular flexibility index (Phi) is 7.29. The van der Waals surface area contributed by atoms with E-state index in [1.54, 1.807) is 42.5 Å². The maximum atomic E-state index is 13.4. The van der Waals surface area contributed by atoms with Gasteiger partial charge in [0.1, 0.15) is 11.5 Å². The molecule has 1 heterocycles. The summed E-state index contributed by atoms with van der Waals surface area (Å²) >= 11 is 12.2. The molecule has 3 aromatic rings. The standard InChI is InChI=1S/C28H26Cl2N2O4/c1-16(2)36-21-7-5-6-17(14-21)25-24(26(33)18-8-13-22(29)23(30)15-18)27(34)28(35)32(25)20-11-9-19(10-12-20)31(3)4/h5-16,25,33H,1-4H3/b26-24-. The molecule has 0 aliphatic carbocycles. The van der Waals surface area contributed by atoms with Gasteiger partial charge >= 0.3 is 0 Å². The van der Waals surface area contributed by atoms with Gasteiger partial charge in [-0.05, 0) is 74.0 Å². The quantitative estimate of drug-likeness (QED) is 0.227. The number of halogens is 2. The van der Waals surface area contributed by atoms with E-state index < -0.39 is 17.7 Å². The van der Waals surface area contributed by atoms with Crippen molar-refractivity contribution in [3.05, 3.63) is 93.5 Å². The lowest BCUT2D eigenvalue weighted by Gasteiger charge is -2.26. The Labute approximate surface area is 220 Å². The highest BCUT2D eigenvalue weighted by molar-refractivity contribution is 6.51. The molecule has 1 fully saturated rings. The molecule has 8 heteroatoms. The summed E-state index contributed by atoms with van der Waals surface area (Å²) in [6, 6.07) is 18.1. The van der Waals surface area contributed by atoms with Crippen molar-refractivity contribution in [2.75, 3.05) is 23.9 Å². The Morgan fingerprint density at radius 2 is 1.67 bits per heavy atom. The Morgan fingerprint density at radius 1 is 0.972 bits per heavy atom. The molecule has 3 aromatic carbocycles. The number of rotatable bonds is 6. The molecular formula is C28H26Cl2N2O4. The fourth-order valence-electron chi connectivity index (χ4n) is 4.15. The summed E-state index contributed by atoms with van der Waals surface area (Å²) in [5.41, 5.74) is 2.32. The number of nitrogens with zero attached hydrogens (tertiary/aromatic N) is 2. The molecule has 1 aliphatic rings. The van der Waals surface area contributed by atoms with Crippen molar-refractivity contribution in [3.8, 4) is 5.75 Å². The summed E-state index contributed by atoms with van der Waals surface area (Å²) in [6.07, 6.45) is -0.0682. The molecule has 186 valence electrons. The minimum absolute atomic E-state index is 0.0447. The lowest BCUT2D eigenvalue weighted by atomic mass is 9.95. The van der Waals surface area contributed by atoms with Crippen LogP contribution in [0.4, 0.5) is 11.4 Å². The van der Waals surface area contributed by atoms with Gasteiger partial charge in [-0.15, -0.1) is 0 Å². The molecule has 36 heavy (non-hydrogen) atoms. The molecule has 1 aliphatic heterocycles. The number of carbonyl (C=O) groups excluding carboxylic acids is 2. The summed E-state index contributed by atoms with van der Waals surface area (Å²) in [5, 5.41) is 11.8. The van der Waals surface area contributed by atoms with Crippen molar-refractivity contribution in [3.63, 3.8) is 0 Å². The second-order valence-electron chi connectivity index (χ2n) is 8.95. The third-order valence-electron chi connectivity index (χ3n) is 5.83. The zero-order valence-electron chi connectivity index (χ0n) is 20.3. The minimum Gasteiger partial charge on any atom is -0.507 e. The van der Waals surface area contributed by atoms with Crippen molar-refractivity contribution >= 4 is 52.0 Å². The number of carbonyl (C=O) groups is 2. The Balaban J connectivity index is 1.92. The Morgan fingerprint density at radius 3 is 2.28 bits per heavy atom. The molecular weight excluding hydrogens is 499 g/mol. The molecule has 0 saturated carbocycles. The molecule has 0 spiro atoms. The van der Waals surface area contributed by atoms with Crippen LogP contribution in [-0.4, -0.2) is 37.0 Å². The van der Waals surface area contributed by atoms with Gasteiger partial charge in [-0.2, -0.15) is 0 Å². The summed E-state index contributed by atoms with van der Waals surface area (Å²) in [6.45, 7) is 3.82. The number of anilines is 2. The van der Waals surface area contributed by atoms with E-state index in [9.17, 15) is 14.7 Å². The maximum Gasteiger partial charge on any atom is 0.300 e. The topological polar surface area (TPSA) is 70.1 Å². The zero-order chi connectivity index (χ0) is 26.1. The van der Waals surface area contributed by atoms with Gasteiger partial charge in [0, 0.05) is 31.0 Å². The second-order valence-corrected chi connectivity index (χ2v) is 9.76. The van der Waals surface area contributed by atoms with Crippen LogP contribution in [0.15, 0.2) is 72.3 Å². The van der Waals surface area contributed by atoms with Crippen LogP contribution >= 0.6 is 23.2 Å². The van der Waals surface area contributed by atoms with Crippen molar-refractivity contribution in [1.82, 2.24) is 0 Å². The van der Waals surface area contributed by atoms with Crippen LogP contribution in [0, 0.1) is 0 Å². The number of hydrogen-bond acceptors (Lipinski definition) is 5. The first kappa shape index (κ1) is 25.6. The molecule has 1 amide bonds. The van der Waals surface area contributed by atoms with Gasteiger partial charge in [0.15, 0.2) is 0 Å². The molecule has 0 bridgehead atoms. The van der Waals surface area contributed by atoms with Gasteiger partial charge in [0.05, 0.1) is 27.8 Å². The molecule has 6 nitrogen and oxygen atoms in total. The van der Waals surface area contributed by atoms with Crippen LogP contribution < -0.4 is 14.5 Å². The number of aliphatic hydroxyl groups excluding tert-OH is 1. The number of Topliss-reactive ketones (excluding diaryl/α,β-unsaturated/α-hetero) is 1. The SMILES string of the molecule is CC(C)Oc1cccc(C2/C(=C(/O)c3ccc(Cl)c(Cl)c3)C(=O)C(=O)N2c2ccc(N(C)C)cc2)c1. The Bertz CT molecular complexity index is 1350. The van der Waals surface area contributed by atoms with E-state index in [0.717, 1.165) is 5.69 Å². The summed E-state index contributed by atoms with van der Waals surface area (Å²) in [7, 11) is 3.83. The average molecular weight is 525 g/mol. The third kappa shape index (κ3) is 4.92. The van der Waals surface area contributed by atoms with E-state index >= 15 is 0 Å². The van der Waals surface area contributed by atoms with Crippen molar-refractivity contribution < 1.29 is 19.4 Å². The number of hydrogen-bond donors (Lipinski definition) is 1. The number of aliphatic hydroxyl groups is 1. The fourth-order valence-corrected chi connectivity index (χ4v) is 4.45. The number of amides is 1. The number of benzene rings is 3. The predicted molar refractivity (Wildman–Crippen MR) is 144 cm³/mol. The molecule has 0 aromatic heterocycles. The van der Waals surface area contributed by atoms with Crippen LogP contribution in [0.5, 0.6) is 5.75 Å². The van der Waals surface area contributed by atoms with Crippen LogP contribution in [0.1, 0.15) is 31.0 Å². The van der Waals surface area contributed by atoms with Crippen LogP contribution in [-0.2, 0) is 9.59 Å². The minimum atomic E-state index is -0.889. The van der Waals surface area contributed by atoms with E-state index in [1.807, 2.05) is 45.0 Å². The monoisotopic (exact) mass is 524 g/mol. The molecule has 1 N–H and O–H groups in total. The van der Waals surface area contributed by atoms with Gasteiger partial charge in [0.25, 0.3) is 11.7 Å². The molecule has 0 radical (unpaired) electrons. The van der Waals surface area contributed by atoms with E-state index in [1.165, 1.54) is 17.0 Å². The lowest BCUT2D eigenvalue weighted by Crippen LogP contribution is -2.29. The van der Waals surface area contributed by atoms with Crippen molar-refractivity contribution in [2.45, 2.75) is 26.0 Å². The average Bonchev–Trinajstić information content (AvgIpc) is 3.10. The van der Waals surface area contributed by atoms with E-state index in [-0.39, 0.29) is 28.0 Å². The summed E-state index contributed by atoms with van der Waals surface area (Å²) in [5.74, 6) is -1.28. The smallest absolute Gasteiger partial charge is 0.300 e. The van der Waals surface area contributed by atoms with Gasteiger partial charge in [-0.25, -0.2) is 0 Å². The van der Waals surface area contributed by atoms with Crippen LogP contribution in [0.2, 0.25) is 10.0 Å². The first-order valence-electron chi connectivity index (χ1n) is 11.4. The third-order valence-corrected chi connectivity index (χ3v) is 6.57. The van der Waals surface area contributed by atoms with Crippen LogP contribution in [0.25, 0.3) is 5.76 Å². The van der Waals surface area contributed by atoms with Gasteiger partial charge < -0.3 is 14.7 Å². The van der Waals surface area contributed by atoms with Crippen molar-refractivity contribution in [2.24, 2.45) is 0 Å². The highest BCUT2D eigenvalue weighted by Gasteiger charge is 2.47. The first-order valence-corrected chi connectivity index (χ1v) is 12.1. The van der Waals surface area contributed by atoms with Gasteiger partial charge in [-0.3, -0.25) is 14.5 Å². The first-order chi connectivity index (χ1) is 17.1. The van der Waals surface area contributed by atoms with Crippen LogP contribution in [0.3, 0.4) is 0 Å². The van der Waals surface area contributed by atoms with Crippen molar-refractivity contribution in [1.29, 1.82) is 0 Å². The molecule has 4 rings (SSSR count). The lowest BCUT2D eigenvalue weighted by molar-refractivity contribution is -0.132. The maximum absolute atomic E-state index is 13.4. The molecule has 1 unspecified atom stereocenters. The van der Waals surface area contributed by atoms with E-state index in [2.05, 4.69) is 0 Å². The molecule has 1 saturated heterocycles. The summed E-state index contributed by atoms with van der Waals surface area (Å²) < 4.78 is 5.86. The van der Waals surface area contributed by atoms with Gasteiger partial charge in [-0.1, -0.05) is 35.3 Å². The largest absolute Gasteiger partial charge is 0.507 e. The predicted octanol–water partition coefficient (Wildman–Crippen LogP) is 6.47. The van der Waals surface area contributed by atoms with E-state index in [0.29, 0.717) is 22.0 Å². The normalized spacial score (nSPS) is 17.1. The van der Waals surface area contributed by atoms with Gasteiger partial charge in [0.2, 0.25) is 0 Å². The second kappa shape index (κ2) is 10.2. The fraction of sp³-hybridized carbons (Fsp3) is 0.214. The van der Waals surface area contributed by atoms with E-state index in [4.69, 9.17) is 27.9 Å². The highest BCUT2D eigenvalue weighted by atomic mass is 35.5. The summed E-state index contributed by atoms with van der Waals surface area (Å²) in [4.78, 5) is 30.1. The zero-order valence-corrected chi connectivity index (χ0v) is 21.8. The number of ether oxygens (including phenoxy) is 1.